The van der Waals surface area contributed by atoms with Gasteiger partial charge in [0.05, 0.1) is 22.8 Å². The zero-order valence-electron chi connectivity index (χ0n) is 53.6. The van der Waals surface area contributed by atoms with Crippen molar-refractivity contribution in [3.05, 3.63) is 328 Å². The van der Waals surface area contributed by atoms with Crippen molar-refractivity contribution in [2.24, 2.45) is 0 Å². The van der Waals surface area contributed by atoms with Gasteiger partial charge in [0.15, 0.2) is 11.6 Å². The highest BCUT2D eigenvalue weighted by Gasteiger charge is 2.25. The van der Waals surface area contributed by atoms with Crippen molar-refractivity contribution in [2.45, 2.75) is 0 Å². The zero-order chi connectivity index (χ0) is 65.8. The summed E-state index contributed by atoms with van der Waals surface area (Å²) in [5.41, 5.74) is 21.0. The fourth-order valence-electron chi connectivity index (χ4n) is 14.9. The summed E-state index contributed by atoms with van der Waals surface area (Å²) in [6.45, 7) is 0. The Balaban J connectivity index is 0.736. The van der Waals surface area contributed by atoms with Crippen LogP contribution in [0.3, 0.4) is 0 Å². The fourth-order valence-corrected chi connectivity index (χ4v) is 19.5. The molecule has 0 aliphatic heterocycles. The average Bonchev–Trinajstić information content (AvgIpc) is 1.47. The molecule has 0 unspecified atom stereocenters. The number of nitrogens with zero attached hydrogens (tertiary/aromatic N) is 4. The highest BCUT2D eigenvalue weighted by atomic mass is 32.1. The van der Waals surface area contributed by atoms with Crippen LogP contribution in [0, 0.1) is 0 Å². The van der Waals surface area contributed by atoms with Gasteiger partial charge in [-0.3, -0.25) is 0 Å². The van der Waals surface area contributed by atoms with Crippen LogP contribution in [0.1, 0.15) is 0 Å². The lowest BCUT2D eigenvalue weighted by Crippen LogP contribution is -1.98. The third kappa shape index (κ3) is 9.97. The molecule has 6 heterocycles. The Kier molecular flexibility index (Phi) is 14.0. The van der Waals surface area contributed by atoms with Gasteiger partial charge in [0.2, 0.25) is 0 Å². The molecule has 14 aromatic carbocycles. The number of hydrogen-bond acceptors (Lipinski definition) is 8. The van der Waals surface area contributed by atoms with Crippen LogP contribution in [-0.4, -0.2) is 19.9 Å². The molecular formula is C92H54N4S4. The Bertz CT molecular complexity index is 6600. The van der Waals surface area contributed by atoms with Crippen LogP contribution in [-0.2, 0) is 0 Å². The van der Waals surface area contributed by atoms with E-state index in [4.69, 9.17) is 19.9 Å². The zero-order valence-corrected chi connectivity index (χ0v) is 56.9. The summed E-state index contributed by atoms with van der Waals surface area (Å²) in [6.07, 6.45) is 0. The smallest absolute Gasteiger partial charge is 0.160 e. The molecule has 0 saturated heterocycles. The maximum atomic E-state index is 5.56. The van der Waals surface area contributed by atoms with E-state index in [1.165, 1.54) is 91.8 Å². The monoisotopic (exact) mass is 1340 g/mol. The first-order valence-electron chi connectivity index (χ1n) is 33.6. The summed E-state index contributed by atoms with van der Waals surface area (Å²) in [4.78, 5) is 21.7. The Morgan fingerprint density at radius 1 is 0.170 bits per heavy atom. The van der Waals surface area contributed by atoms with Gasteiger partial charge in [-0.15, -0.1) is 45.3 Å². The predicted octanol–water partition coefficient (Wildman–Crippen LogP) is 27.1. The van der Waals surface area contributed by atoms with Crippen molar-refractivity contribution in [2.75, 3.05) is 0 Å². The lowest BCUT2D eigenvalue weighted by Gasteiger charge is -2.18. The van der Waals surface area contributed by atoms with Crippen molar-refractivity contribution in [3.63, 3.8) is 0 Å². The van der Waals surface area contributed by atoms with E-state index in [2.05, 4.69) is 322 Å². The van der Waals surface area contributed by atoms with E-state index in [0.29, 0.717) is 11.6 Å². The van der Waals surface area contributed by atoms with Crippen molar-refractivity contribution < 1.29 is 0 Å². The SMILES string of the molecule is c1ccc(-c2cc(-c3cccc(-c4cccc5c4sc4ccc(-c6cccc(-c7cc(-c8cccc(-c9ccc%10sc%11ccccc%11c%10c9)c8-c8ccc9sc%10ccccc%10c9c8)nc(-c8ccccc8)n7)c6)cc45)c3-c3cccc4c3sc3ccccc34)nc(-c3ccccc3)n2)cc1. The van der Waals surface area contributed by atoms with Gasteiger partial charge in [0, 0.05) is 131 Å². The summed E-state index contributed by atoms with van der Waals surface area (Å²) in [5, 5.41) is 10.0. The minimum Gasteiger partial charge on any atom is -0.228 e. The number of benzene rings is 14. The standard InChI is InChI=1S/C92H54N4S4/c1-4-21-55(22-5-1)77-53-80(96-91(93-77)56-23-6-2-7-24-56)72-38-18-33-67(88(72)73-39-20-34-68-64-29-10-15-42-83(64)99-90(68)73)69-35-19-36-70-76-50-59(43-46-86(76)100-89(69)70)58-27-16-28-61(49-58)78-54-79(95-92(94-78)57-25-8-3-9-26-57)71-37-17-32-63(60-44-47-84-74(51-60)65-30-11-13-40-81(65)97-84)87(71)62-45-48-85-75(52-62)66-31-12-14-41-82(66)98-85/h1-54H. The third-order valence-corrected chi connectivity index (χ3v) is 24.3. The number of aromatic nitrogens is 4. The molecule has 8 heteroatoms. The van der Waals surface area contributed by atoms with E-state index in [1.54, 1.807) is 0 Å². The van der Waals surface area contributed by atoms with Crippen LogP contribution < -0.4 is 0 Å². The highest BCUT2D eigenvalue weighted by Crippen LogP contribution is 2.51. The molecule has 0 radical (unpaired) electrons. The molecule has 0 amide bonds. The Labute approximate surface area is 592 Å². The topological polar surface area (TPSA) is 51.6 Å². The van der Waals surface area contributed by atoms with Crippen LogP contribution in [0.2, 0.25) is 0 Å². The largest absolute Gasteiger partial charge is 0.228 e. The first kappa shape index (κ1) is 58.3. The molecule has 0 aliphatic rings. The maximum Gasteiger partial charge on any atom is 0.160 e. The molecule has 0 atom stereocenters. The number of hydrogen-bond donors (Lipinski definition) is 0. The Morgan fingerprint density at radius 3 is 1.16 bits per heavy atom. The van der Waals surface area contributed by atoms with Crippen molar-refractivity contribution in [1.29, 1.82) is 0 Å². The number of thiophene rings is 4. The summed E-state index contributed by atoms with van der Waals surface area (Å²) < 4.78 is 10.1. The number of fused-ring (bicyclic) bond motifs is 12. The lowest BCUT2D eigenvalue weighted by molar-refractivity contribution is 1.18. The van der Waals surface area contributed by atoms with Crippen molar-refractivity contribution >= 4 is 126 Å². The molecule has 20 aromatic rings. The second kappa shape index (κ2) is 24.0. The molecule has 466 valence electrons. The Hall–Kier alpha value is -11.9. The summed E-state index contributed by atoms with van der Waals surface area (Å²) in [5.74, 6) is 1.35. The van der Waals surface area contributed by atoms with Gasteiger partial charge in [-0.05, 0) is 112 Å². The predicted molar refractivity (Wildman–Crippen MR) is 429 cm³/mol. The van der Waals surface area contributed by atoms with Crippen LogP contribution >= 0.6 is 45.3 Å². The van der Waals surface area contributed by atoms with E-state index in [9.17, 15) is 0 Å². The summed E-state index contributed by atoms with van der Waals surface area (Å²) >= 11 is 7.42. The van der Waals surface area contributed by atoms with Crippen LogP contribution in [0.15, 0.2) is 328 Å². The first-order valence-corrected chi connectivity index (χ1v) is 36.8. The minimum absolute atomic E-state index is 0.669. The second-order valence-electron chi connectivity index (χ2n) is 25.5. The first-order chi connectivity index (χ1) is 49.5. The van der Waals surface area contributed by atoms with Gasteiger partial charge in [-0.1, -0.05) is 255 Å². The molecule has 6 aromatic heterocycles. The molecule has 0 aliphatic carbocycles. The second-order valence-corrected chi connectivity index (χ2v) is 29.7. The highest BCUT2D eigenvalue weighted by molar-refractivity contribution is 7.27. The van der Waals surface area contributed by atoms with Crippen LogP contribution in [0.4, 0.5) is 0 Å². The molecule has 4 nitrogen and oxygen atoms in total. The quantitative estimate of drug-likeness (QED) is 0.129. The van der Waals surface area contributed by atoms with Crippen molar-refractivity contribution in [1.82, 2.24) is 19.9 Å². The molecule has 0 saturated carbocycles. The lowest BCUT2D eigenvalue weighted by atomic mass is 9.87. The summed E-state index contributed by atoms with van der Waals surface area (Å²) in [7, 11) is 0. The maximum absolute atomic E-state index is 5.56. The van der Waals surface area contributed by atoms with Gasteiger partial charge in [0.25, 0.3) is 0 Å². The van der Waals surface area contributed by atoms with Crippen LogP contribution in [0.25, 0.3) is 204 Å². The molecular weight excluding hydrogens is 1290 g/mol. The van der Waals surface area contributed by atoms with E-state index in [1.807, 2.05) is 51.4 Å². The third-order valence-electron chi connectivity index (χ3n) is 19.6. The molecule has 20 rings (SSSR count). The molecule has 0 fully saturated rings. The van der Waals surface area contributed by atoms with E-state index in [-0.39, 0.29) is 0 Å². The van der Waals surface area contributed by atoms with E-state index < -0.39 is 0 Å². The van der Waals surface area contributed by atoms with Crippen LogP contribution in [0.5, 0.6) is 0 Å². The van der Waals surface area contributed by atoms with Gasteiger partial charge in [0.1, 0.15) is 0 Å². The van der Waals surface area contributed by atoms with Crippen molar-refractivity contribution in [3.8, 4) is 123 Å². The number of rotatable bonds is 11. The van der Waals surface area contributed by atoms with Gasteiger partial charge in [-0.25, -0.2) is 19.9 Å². The molecule has 0 spiro atoms. The minimum atomic E-state index is 0.669. The van der Waals surface area contributed by atoms with Gasteiger partial charge < -0.3 is 0 Å². The van der Waals surface area contributed by atoms with E-state index in [0.717, 1.165) is 101 Å². The molecule has 0 N–H and O–H groups in total. The van der Waals surface area contributed by atoms with Gasteiger partial charge in [-0.2, -0.15) is 0 Å². The fraction of sp³-hybridized carbons (Fsp3) is 0. The molecule has 0 bridgehead atoms. The Morgan fingerprint density at radius 2 is 0.530 bits per heavy atom. The average molecular weight is 1340 g/mol. The summed E-state index contributed by atoms with van der Waals surface area (Å²) in [6, 6.07) is 119. The van der Waals surface area contributed by atoms with E-state index >= 15 is 0 Å². The normalized spacial score (nSPS) is 11.8. The van der Waals surface area contributed by atoms with Gasteiger partial charge >= 0.3 is 0 Å². The molecule has 100 heavy (non-hydrogen) atoms.